The second kappa shape index (κ2) is 7.42. The Bertz CT molecular complexity index is 583. The van der Waals surface area contributed by atoms with E-state index in [1.165, 1.54) is 20.3 Å². The number of nitrogens with one attached hydrogen (secondary N) is 1. The molecule has 0 fully saturated rings. The Morgan fingerprint density at radius 3 is 2.38 bits per heavy atom. The SMILES string of the molecule is COC(=O)C(CC(C)C)NS(=O)(=O)c1ccccc1OC. The molecule has 0 saturated carbocycles. The van der Waals surface area contributed by atoms with Gasteiger partial charge in [-0.3, -0.25) is 4.79 Å². The van der Waals surface area contributed by atoms with E-state index in [0.717, 1.165) is 0 Å². The molecule has 7 heteroatoms. The van der Waals surface area contributed by atoms with Crippen molar-refractivity contribution in [3.8, 4) is 5.75 Å². The van der Waals surface area contributed by atoms with Crippen molar-refractivity contribution in [3.63, 3.8) is 0 Å². The highest BCUT2D eigenvalue weighted by molar-refractivity contribution is 7.89. The third kappa shape index (κ3) is 4.71. The maximum Gasteiger partial charge on any atom is 0.323 e. The number of carbonyl (C=O) groups is 1. The zero-order chi connectivity index (χ0) is 16.0. The molecular formula is C14H21NO5S. The Morgan fingerprint density at radius 1 is 1.24 bits per heavy atom. The summed E-state index contributed by atoms with van der Waals surface area (Å²) in [6.45, 7) is 3.79. The number of ether oxygens (including phenoxy) is 2. The number of hydrogen-bond donors (Lipinski definition) is 1. The highest BCUT2D eigenvalue weighted by Gasteiger charge is 2.28. The average molecular weight is 315 g/mol. The Hall–Kier alpha value is -1.60. The van der Waals surface area contributed by atoms with E-state index in [1.807, 2.05) is 13.8 Å². The van der Waals surface area contributed by atoms with Crippen LogP contribution in [0.4, 0.5) is 0 Å². The quantitative estimate of drug-likeness (QED) is 0.772. The molecule has 6 nitrogen and oxygen atoms in total. The van der Waals surface area contributed by atoms with Crippen LogP contribution in [-0.2, 0) is 19.6 Å². The van der Waals surface area contributed by atoms with Crippen molar-refractivity contribution in [1.82, 2.24) is 4.72 Å². The molecule has 0 bridgehead atoms. The van der Waals surface area contributed by atoms with E-state index in [4.69, 9.17) is 4.74 Å². The average Bonchev–Trinajstić information content (AvgIpc) is 2.44. The molecule has 0 heterocycles. The fraction of sp³-hybridized carbons (Fsp3) is 0.500. The van der Waals surface area contributed by atoms with Gasteiger partial charge in [0.25, 0.3) is 0 Å². The summed E-state index contributed by atoms with van der Waals surface area (Å²) in [5.41, 5.74) is 0. The number of carbonyl (C=O) groups excluding carboxylic acids is 1. The maximum atomic E-state index is 12.4. The van der Waals surface area contributed by atoms with Gasteiger partial charge in [0.1, 0.15) is 16.7 Å². The van der Waals surface area contributed by atoms with Crippen LogP contribution in [-0.4, -0.2) is 34.6 Å². The van der Waals surface area contributed by atoms with Gasteiger partial charge in [-0.1, -0.05) is 26.0 Å². The second-order valence-electron chi connectivity index (χ2n) is 4.98. The molecule has 1 aromatic rings. The molecule has 0 amide bonds. The number of esters is 1. The summed E-state index contributed by atoms with van der Waals surface area (Å²) in [5, 5.41) is 0. The fourth-order valence-corrected chi connectivity index (χ4v) is 3.27. The van der Waals surface area contributed by atoms with Crippen LogP contribution in [0.25, 0.3) is 0 Å². The standard InChI is InChI=1S/C14H21NO5S/c1-10(2)9-11(14(16)20-4)15-21(17,18)13-8-6-5-7-12(13)19-3/h5-8,10-11,15H,9H2,1-4H3. The van der Waals surface area contributed by atoms with Crippen molar-refractivity contribution < 1.29 is 22.7 Å². The zero-order valence-electron chi connectivity index (χ0n) is 12.6. The maximum absolute atomic E-state index is 12.4. The summed E-state index contributed by atoms with van der Waals surface area (Å²) < 4.78 is 36.9. The van der Waals surface area contributed by atoms with Gasteiger partial charge in [-0.15, -0.1) is 0 Å². The third-order valence-corrected chi connectivity index (χ3v) is 4.36. The van der Waals surface area contributed by atoms with Gasteiger partial charge in [0.15, 0.2) is 0 Å². The lowest BCUT2D eigenvalue weighted by Gasteiger charge is -2.19. The van der Waals surface area contributed by atoms with Crippen molar-refractivity contribution in [2.24, 2.45) is 5.92 Å². The second-order valence-corrected chi connectivity index (χ2v) is 6.66. The molecule has 0 aliphatic rings. The molecule has 21 heavy (non-hydrogen) atoms. The van der Waals surface area contributed by atoms with E-state index in [1.54, 1.807) is 18.2 Å². The van der Waals surface area contributed by atoms with E-state index in [2.05, 4.69) is 9.46 Å². The summed E-state index contributed by atoms with van der Waals surface area (Å²) in [5.74, 6) is -0.255. The molecule has 0 spiro atoms. The molecule has 0 saturated heterocycles. The van der Waals surface area contributed by atoms with Gasteiger partial charge in [-0.25, -0.2) is 8.42 Å². The van der Waals surface area contributed by atoms with Crippen LogP contribution in [0.15, 0.2) is 29.2 Å². The topological polar surface area (TPSA) is 81.7 Å². The van der Waals surface area contributed by atoms with Crippen molar-refractivity contribution in [3.05, 3.63) is 24.3 Å². The number of sulfonamides is 1. The lowest BCUT2D eigenvalue weighted by atomic mass is 10.1. The van der Waals surface area contributed by atoms with E-state index in [9.17, 15) is 13.2 Å². The minimum atomic E-state index is -3.88. The summed E-state index contributed by atoms with van der Waals surface area (Å²) in [6, 6.07) is 5.30. The van der Waals surface area contributed by atoms with E-state index >= 15 is 0 Å². The highest BCUT2D eigenvalue weighted by atomic mass is 32.2. The first-order chi connectivity index (χ1) is 9.81. The number of methoxy groups -OCH3 is 2. The predicted octanol–water partition coefficient (Wildman–Crippen LogP) is 1.56. The summed E-state index contributed by atoms with van der Waals surface area (Å²) >= 11 is 0. The Morgan fingerprint density at radius 2 is 1.86 bits per heavy atom. The minimum Gasteiger partial charge on any atom is -0.495 e. The lowest BCUT2D eigenvalue weighted by molar-refractivity contribution is -0.143. The van der Waals surface area contributed by atoms with Crippen molar-refractivity contribution in [2.45, 2.75) is 31.2 Å². The van der Waals surface area contributed by atoms with Gasteiger partial charge < -0.3 is 9.47 Å². The molecule has 0 aliphatic carbocycles. The van der Waals surface area contributed by atoms with E-state index < -0.39 is 22.0 Å². The van der Waals surface area contributed by atoms with Gasteiger partial charge in [0.05, 0.1) is 14.2 Å². The normalized spacial score (nSPS) is 13.0. The Balaban J connectivity index is 3.08. The third-order valence-electron chi connectivity index (χ3n) is 2.85. The molecule has 1 rings (SSSR count). The first kappa shape index (κ1) is 17.5. The van der Waals surface area contributed by atoms with Crippen LogP contribution >= 0.6 is 0 Å². The van der Waals surface area contributed by atoms with E-state index in [0.29, 0.717) is 6.42 Å². The molecule has 1 unspecified atom stereocenters. The first-order valence-corrected chi connectivity index (χ1v) is 8.03. The first-order valence-electron chi connectivity index (χ1n) is 6.55. The fourth-order valence-electron chi connectivity index (χ4n) is 1.90. The molecule has 118 valence electrons. The zero-order valence-corrected chi connectivity index (χ0v) is 13.4. The molecule has 1 aromatic carbocycles. The number of rotatable bonds is 7. The summed E-state index contributed by atoms with van der Waals surface area (Å²) in [6.07, 6.45) is 0.348. The van der Waals surface area contributed by atoms with Gasteiger partial charge in [0, 0.05) is 0 Å². The largest absolute Gasteiger partial charge is 0.495 e. The smallest absolute Gasteiger partial charge is 0.323 e. The van der Waals surface area contributed by atoms with Gasteiger partial charge in [-0.2, -0.15) is 4.72 Å². The molecular weight excluding hydrogens is 294 g/mol. The van der Waals surface area contributed by atoms with Crippen LogP contribution in [0, 0.1) is 5.92 Å². The predicted molar refractivity (Wildman–Crippen MR) is 78.6 cm³/mol. The molecule has 1 N–H and O–H groups in total. The summed E-state index contributed by atoms with van der Waals surface area (Å²) in [4.78, 5) is 11.7. The van der Waals surface area contributed by atoms with Crippen LogP contribution < -0.4 is 9.46 Å². The number of para-hydroxylation sites is 1. The molecule has 0 radical (unpaired) electrons. The molecule has 0 aliphatic heterocycles. The highest BCUT2D eigenvalue weighted by Crippen LogP contribution is 2.23. The number of benzene rings is 1. The monoisotopic (exact) mass is 315 g/mol. The lowest BCUT2D eigenvalue weighted by Crippen LogP contribution is -2.42. The van der Waals surface area contributed by atoms with Crippen LogP contribution in [0.2, 0.25) is 0 Å². The van der Waals surface area contributed by atoms with Crippen LogP contribution in [0.3, 0.4) is 0 Å². The van der Waals surface area contributed by atoms with Gasteiger partial charge >= 0.3 is 5.97 Å². The number of hydrogen-bond acceptors (Lipinski definition) is 5. The minimum absolute atomic E-state index is 0.00911. The molecule has 0 aromatic heterocycles. The van der Waals surface area contributed by atoms with Crippen molar-refractivity contribution in [2.75, 3.05) is 14.2 Å². The summed E-state index contributed by atoms with van der Waals surface area (Å²) in [7, 11) is -1.26. The molecule has 1 atom stereocenters. The van der Waals surface area contributed by atoms with Crippen molar-refractivity contribution in [1.29, 1.82) is 0 Å². The van der Waals surface area contributed by atoms with E-state index in [-0.39, 0.29) is 16.6 Å². The van der Waals surface area contributed by atoms with Gasteiger partial charge in [-0.05, 0) is 24.5 Å². The Labute approximate surface area is 125 Å². The van der Waals surface area contributed by atoms with Crippen LogP contribution in [0.5, 0.6) is 5.75 Å². The van der Waals surface area contributed by atoms with Gasteiger partial charge in [0.2, 0.25) is 10.0 Å². The Kier molecular flexibility index (Phi) is 6.17. The van der Waals surface area contributed by atoms with Crippen LogP contribution in [0.1, 0.15) is 20.3 Å². The van der Waals surface area contributed by atoms with Crippen molar-refractivity contribution >= 4 is 16.0 Å².